The zero-order chi connectivity index (χ0) is 20.4. The maximum absolute atomic E-state index is 12.6. The van der Waals surface area contributed by atoms with Crippen LogP contribution in [0.15, 0.2) is 48.5 Å². The summed E-state index contributed by atoms with van der Waals surface area (Å²) in [6.45, 7) is 8.82. The molecule has 0 radical (unpaired) electrons. The second kappa shape index (κ2) is 7.96. The van der Waals surface area contributed by atoms with Crippen molar-refractivity contribution >= 4 is 5.97 Å². The van der Waals surface area contributed by atoms with Crippen molar-refractivity contribution in [2.45, 2.75) is 51.6 Å². The van der Waals surface area contributed by atoms with Gasteiger partial charge in [0.1, 0.15) is 5.75 Å². The van der Waals surface area contributed by atoms with Gasteiger partial charge < -0.3 is 14.8 Å². The van der Waals surface area contributed by atoms with E-state index < -0.39 is 0 Å². The summed E-state index contributed by atoms with van der Waals surface area (Å²) >= 11 is 0. The number of esters is 1. The molecule has 1 saturated heterocycles. The lowest BCUT2D eigenvalue weighted by molar-refractivity contribution is -0.150. The van der Waals surface area contributed by atoms with E-state index in [1.807, 2.05) is 12.1 Å². The lowest BCUT2D eigenvalue weighted by Gasteiger charge is -2.27. The third-order valence-electron chi connectivity index (χ3n) is 5.54. The van der Waals surface area contributed by atoms with Gasteiger partial charge in [0.2, 0.25) is 0 Å². The first-order valence-corrected chi connectivity index (χ1v) is 9.89. The highest BCUT2D eigenvalue weighted by atomic mass is 16.5. The van der Waals surface area contributed by atoms with Gasteiger partial charge in [0.05, 0.1) is 19.6 Å². The van der Waals surface area contributed by atoms with Gasteiger partial charge in [-0.15, -0.1) is 0 Å². The summed E-state index contributed by atoms with van der Waals surface area (Å²) in [5.41, 5.74) is 3.20. The molecule has 1 aliphatic rings. The fourth-order valence-electron chi connectivity index (χ4n) is 4.17. The van der Waals surface area contributed by atoms with Gasteiger partial charge in [0, 0.05) is 17.5 Å². The zero-order valence-electron chi connectivity index (χ0n) is 17.5. The molecule has 4 heteroatoms. The van der Waals surface area contributed by atoms with E-state index >= 15 is 0 Å². The van der Waals surface area contributed by atoms with E-state index in [0.29, 0.717) is 6.61 Å². The third-order valence-corrected chi connectivity index (χ3v) is 5.54. The van der Waals surface area contributed by atoms with E-state index in [9.17, 15) is 4.79 Å². The van der Waals surface area contributed by atoms with Crippen LogP contribution in [0.2, 0.25) is 0 Å². The number of carbonyl (C=O) groups excluding carboxylic acids is 1. The van der Waals surface area contributed by atoms with Crippen LogP contribution in [0.1, 0.15) is 39.7 Å². The van der Waals surface area contributed by atoms with Crippen molar-refractivity contribution in [3.05, 3.63) is 54.1 Å². The molecule has 1 N–H and O–H groups in total. The second-order valence-corrected chi connectivity index (χ2v) is 8.83. The highest BCUT2D eigenvalue weighted by Gasteiger charge is 2.48. The van der Waals surface area contributed by atoms with Crippen molar-refractivity contribution < 1.29 is 14.3 Å². The molecule has 1 fully saturated rings. The molecular weight excluding hydrogens is 350 g/mol. The summed E-state index contributed by atoms with van der Waals surface area (Å²) in [7, 11) is 1.67. The van der Waals surface area contributed by atoms with Gasteiger partial charge in [-0.25, -0.2) is 0 Å². The van der Waals surface area contributed by atoms with Gasteiger partial charge in [0.15, 0.2) is 0 Å². The Morgan fingerprint density at radius 1 is 1.00 bits per heavy atom. The molecule has 0 amide bonds. The number of benzene rings is 2. The van der Waals surface area contributed by atoms with E-state index in [4.69, 9.17) is 9.47 Å². The second-order valence-electron chi connectivity index (χ2n) is 8.83. The number of nitrogens with one attached hydrogen (secondary N) is 1. The summed E-state index contributed by atoms with van der Waals surface area (Å²) < 4.78 is 10.8. The molecule has 28 heavy (non-hydrogen) atoms. The minimum atomic E-state index is -0.236. The number of rotatable bonds is 6. The Bertz CT molecular complexity index is 807. The predicted octanol–water partition coefficient (Wildman–Crippen LogP) is 4.61. The van der Waals surface area contributed by atoms with E-state index in [1.165, 1.54) is 0 Å². The SMILES string of the molecule is COc1ccc(-c2ccc(CCOC(=O)C3CC(C)(C)NC3(C)C)cc2)cc1. The Labute approximate surface area is 168 Å². The van der Waals surface area contributed by atoms with E-state index in [2.05, 4.69) is 69.4 Å². The Morgan fingerprint density at radius 2 is 1.57 bits per heavy atom. The zero-order valence-corrected chi connectivity index (χ0v) is 17.5. The molecular formula is C24H31NO3. The molecule has 1 unspecified atom stereocenters. The van der Waals surface area contributed by atoms with Crippen LogP contribution in [0.3, 0.4) is 0 Å². The summed E-state index contributed by atoms with van der Waals surface area (Å²) in [6.07, 6.45) is 1.52. The number of hydrogen-bond donors (Lipinski definition) is 1. The minimum Gasteiger partial charge on any atom is -0.497 e. The molecule has 2 aromatic rings. The molecule has 3 rings (SSSR count). The van der Waals surface area contributed by atoms with Crippen molar-refractivity contribution in [2.24, 2.45) is 5.92 Å². The lowest BCUT2D eigenvalue weighted by Crippen LogP contribution is -2.46. The average Bonchev–Trinajstić information content (AvgIpc) is 2.89. The molecule has 0 aliphatic carbocycles. The fourth-order valence-corrected chi connectivity index (χ4v) is 4.17. The first kappa shape index (κ1) is 20.4. The van der Waals surface area contributed by atoms with E-state index in [1.54, 1.807) is 7.11 Å². The van der Waals surface area contributed by atoms with Crippen molar-refractivity contribution in [2.75, 3.05) is 13.7 Å². The van der Waals surface area contributed by atoms with Crippen molar-refractivity contribution in [3.8, 4) is 16.9 Å². The van der Waals surface area contributed by atoms with Crippen molar-refractivity contribution in [3.63, 3.8) is 0 Å². The van der Waals surface area contributed by atoms with Gasteiger partial charge in [-0.05, 0) is 62.9 Å². The van der Waals surface area contributed by atoms with Crippen LogP contribution >= 0.6 is 0 Å². The van der Waals surface area contributed by atoms with E-state index in [0.717, 1.165) is 35.3 Å². The van der Waals surface area contributed by atoms with Crippen LogP contribution in [0.5, 0.6) is 5.75 Å². The molecule has 1 heterocycles. The quantitative estimate of drug-likeness (QED) is 0.742. The normalized spacial score (nSPS) is 20.0. The maximum atomic E-state index is 12.6. The van der Waals surface area contributed by atoms with Crippen LogP contribution in [-0.4, -0.2) is 30.8 Å². The molecule has 0 aromatic heterocycles. The van der Waals surface area contributed by atoms with Gasteiger partial charge in [-0.1, -0.05) is 36.4 Å². The van der Waals surface area contributed by atoms with Crippen LogP contribution < -0.4 is 10.1 Å². The summed E-state index contributed by atoms with van der Waals surface area (Å²) in [6, 6.07) is 16.4. The molecule has 0 bridgehead atoms. The monoisotopic (exact) mass is 381 g/mol. The van der Waals surface area contributed by atoms with Gasteiger partial charge in [-0.2, -0.15) is 0 Å². The largest absolute Gasteiger partial charge is 0.497 e. The first-order chi connectivity index (χ1) is 13.2. The van der Waals surface area contributed by atoms with Crippen molar-refractivity contribution in [1.82, 2.24) is 5.32 Å². The molecule has 2 aromatic carbocycles. The average molecular weight is 382 g/mol. The van der Waals surface area contributed by atoms with E-state index in [-0.39, 0.29) is 23.0 Å². The van der Waals surface area contributed by atoms with Crippen LogP contribution in [0.4, 0.5) is 0 Å². The minimum absolute atomic E-state index is 0.0372. The molecule has 4 nitrogen and oxygen atoms in total. The van der Waals surface area contributed by atoms with Gasteiger partial charge >= 0.3 is 5.97 Å². The number of ether oxygens (including phenoxy) is 2. The number of carbonyl (C=O) groups is 1. The molecule has 0 saturated carbocycles. The molecule has 1 aliphatic heterocycles. The Balaban J connectivity index is 1.53. The Kier molecular flexibility index (Phi) is 5.80. The van der Waals surface area contributed by atoms with Crippen LogP contribution in [0, 0.1) is 5.92 Å². The fraction of sp³-hybridized carbons (Fsp3) is 0.458. The topological polar surface area (TPSA) is 47.6 Å². The number of methoxy groups -OCH3 is 1. The summed E-state index contributed by atoms with van der Waals surface area (Å²) in [5, 5.41) is 3.53. The predicted molar refractivity (Wildman–Crippen MR) is 112 cm³/mol. The molecule has 1 atom stereocenters. The molecule has 0 spiro atoms. The summed E-state index contributed by atoms with van der Waals surface area (Å²) in [4.78, 5) is 12.6. The van der Waals surface area contributed by atoms with Crippen LogP contribution in [-0.2, 0) is 16.0 Å². The molecule has 150 valence electrons. The lowest BCUT2D eigenvalue weighted by atomic mass is 9.87. The van der Waals surface area contributed by atoms with Gasteiger partial charge in [-0.3, -0.25) is 4.79 Å². The van der Waals surface area contributed by atoms with Crippen molar-refractivity contribution in [1.29, 1.82) is 0 Å². The first-order valence-electron chi connectivity index (χ1n) is 9.89. The third kappa shape index (κ3) is 4.74. The van der Waals surface area contributed by atoms with Crippen LogP contribution in [0.25, 0.3) is 11.1 Å². The maximum Gasteiger partial charge on any atom is 0.310 e. The summed E-state index contributed by atoms with van der Waals surface area (Å²) in [5.74, 6) is 0.643. The Hall–Kier alpha value is -2.33. The number of hydrogen-bond acceptors (Lipinski definition) is 4. The van der Waals surface area contributed by atoms with Gasteiger partial charge in [0.25, 0.3) is 0 Å². The smallest absolute Gasteiger partial charge is 0.310 e. The Morgan fingerprint density at radius 3 is 2.07 bits per heavy atom. The standard InChI is InChI=1S/C24H31NO3/c1-23(2)16-21(24(3,4)25-23)22(26)28-15-14-17-6-8-18(9-7-17)19-10-12-20(27-5)13-11-19/h6-13,21,25H,14-16H2,1-5H3. The highest BCUT2D eigenvalue weighted by molar-refractivity contribution is 5.75. The highest BCUT2D eigenvalue weighted by Crippen LogP contribution is 2.36.